The van der Waals surface area contributed by atoms with E-state index in [0.29, 0.717) is 22.7 Å². The second kappa shape index (κ2) is 7.40. The van der Waals surface area contributed by atoms with Crippen LogP contribution in [0.4, 0.5) is 16.2 Å². The fourth-order valence-electron chi connectivity index (χ4n) is 2.45. The minimum Gasteiger partial charge on any atom is -0.505 e. The lowest BCUT2D eigenvalue weighted by Gasteiger charge is -2.12. The van der Waals surface area contributed by atoms with Gasteiger partial charge in [0.25, 0.3) is 0 Å². The maximum atomic E-state index is 12.2. The molecule has 25 heavy (non-hydrogen) atoms. The molecule has 126 valence electrons. The van der Waals surface area contributed by atoms with E-state index >= 15 is 0 Å². The van der Waals surface area contributed by atoms with Crippen LogP contribution in [0.1, 0.15) is 0 Å². The lowest BCUT2D eigenvalue weighted by Crippen LogP contribution is -2.19. The van der Waals surface area contributed by atoms with E-state index in [4.69, 9.17) is 4.74 Å². The van der Waals surface area contributed by atoms with Crippen molar-refractivity contribution < 1.29 is 14.6 Å². The second-order valence-corrected chi connectivity index (χ2v) is 5.38. The van der Waals surface area contributed by atoms with Gasteiger partial charge in [-0.25, -0.2) is 4.79 Å². The van der Waals surface area contributed by atoms with Crippen LogP contribution in [0.25, 0.3) is 11.1 Å². The molecule has 0 saturated carbocycles. The van der Waals surface area contributed by atoms with Gasteiger partial charge in [-0.2, -0.15) is 0 Å². The predicted octanol–water partition coefficient (Wildman–Crippen LogP) is 4.71. The molecule has 0 atom stereocenters. The molecule has 0 saturated heterocycles. The highest BCUT2D eigenvalue weighted by molar-refractivity contribution is 6.01. The summed E-state index contributed by atoms with van der Waals surface area (Å²) in [6, 6.07) is 21.3. The molecule has 0 spiro atoms. The number of carbonyl (C=O) groups is 1. The molecule has 5 nitrogen and oxygen atoms in total. The maximum absolute atomic E-state index is 12.2. The number of nitrogens with one attached hydrogen (secondary N) is 2. The molecule has 3 aromatic carbocycles. The van der Waals surface area contributed by atoms with Crippen molar-refractivity contribution in [3.8, 4) is 22.6 Å². The zero-order valence-electron chi connectivity index (χ0n) is 13.7. The topological polar surface area (TPSA) is 70.6 Å². The Morgan fingerprint density at radius 1 is 0.880 bits per heavy atom. The molecule has 0 radical (unpaired) electrons. The summed E-state index contributed by atoms with van der Waals surface area (Å²) in [7, 11) is 1.58. The van der Waals surface area contributed by atoms with Gasteiger partial charge in [-0.15, -0.1) is 0 Å². The summed E-state index contributed by atoms with van der Waals surface area (Å²) in [5.74, 6) is 0.734. The summed E-state index contributed by atoms with van der Waals surface area (Å²) in [6.45, 7) is 0. The number of phenolic OH excluding ortho intramolecular Hbond substituents is 1. The van der Waals surface area contributed by atoms with Gasteiger partial charge in [0.05, 0.1) is 12.8 Å². The molecule has 0 bridgehead atoms. The van der Waals surface area contributed by atoms with Crippen molar-refractivity contribution in [1.82, 2.24) is 0 Å². The molecular formula is C20H18N2O3. The number of rotatable bonds is 4. The lowest BCUT2D eigenvalue weighted by molar-refractivity contribution is 0.262. The molecule has 3 aromatic rings. The van der Waals surface area contributed by atoms with Gasteiger partial charge in [0.15, 0.2) is 0 Å². The number of amides is 2. The summed E-state index contributed by atoms with van der Waals surface area (Å²) in [4.78, 5) is 12.2. The molecule has 0 aliphatic heterocycles. The van der Waals surface area contributed by atoms with E-state index in [2.05, 4.69) is 10.6 Å². The largest absolute Gasteiger partial charge is 0.505 e. The first-order valence-electron chi connectivity index (χ1n) is 7.77. The van der Waals surface area contributed by atoms with Crippen LogP contribution < -0.4 is 15.4 Å². The summed E-state index contributed by atoms with van der Waals surface area (Å²) in [5, 5.41) is 15.8. The zero-order chi connectivity index (χ0) is 17.6. The Labute approximate surface area is 145 Å². The molecule has 0 aliphatic rings. The van der Waals surface area contributed by atoms with Gasteiger partial charge >= 0.3 is 6.03 Å². The third-order valence-electron chi connectivity index (χ3n) is 3.72. The minimum absolute atomic E-state index is 0.0265. The van der Waals surface area contributed by atoms with E-state index < -0.39 is 6.03 Å². The first-order valence-corrected chi connectivity index (χ1v) is 7.77. The molecule has 5 heteroatoms. The average molecular weight is 334 g/mol. The zero-order valence-corrected chi connectivity index (χ0v) is 13.7. The van der Waals surface area contributed by atoms with Crippen LogP contribution in [0, 0.1) is 0 Å². The Hall–Kier alpha value is -3.47. The van der Waals surface area contributed by atoms with Crippen LogP contribution >= 0.6 is 0 Å². The standard InChI is InChI=1S/C20H18N2O3/c1-25-16-12-10-15(11-13-16)21-20(24)22-18-9-5-8-17(19(18)23)14-6-3-2-4-7-14/h2-13,23H,1H3,(H2,21,22,24). The minimum atomic E-state index is -0.439. The Balaban J connectivity index is 1.75. The lowest BCUT2D eigenvalue weighted by atomic mass is 10.0. The van der Waals surface area contributed by atoms with E-state index in [1.54, 1.807) is 49.6 Å². The summed E-state index contributed by atoms with van der Waals surface area (Å²) < 4.78 is 5.08. The number of methoxy groups -OCH3 is 1. The van der Waals surface area contributed by atoms with E-state index in [9.17, 15) is 9.90 Å². The second-order valence-electron chi connectivity index (χ2n) is 5.38. The molecule has 0 heterocycles. The molecule has 0 unspecified atom stereocenters. The highest BCUT2D eigenvalue weighted by Gasteiger charge is 2.11. The molecule has 0 fully saturated rings. The normalized spacial score (nSPS) is 10.1. The number of phenols is 1. The van der Waals surface area contributed by atoms with Gasteiger partial charge < -0.3 is 20.5 Å². The van der Waals surface area contributed by atoms with Crippen molar-refractivity contribution in [2.24, 2.45) is 0 Å². The number of para-hydroxylation sites is 1. The third-order valence-corrected chi connectivity index (χ3v) is 3.72. The number of hydrogen-bond acceptors (Lipinski definition) is 3. The van der Waals surface area contributed by atoms with E-state index in [-0.39, 0.29) is 5.75 Å². The summed E-state index contributed by atoms with van der Waals surface area (Å²) >= 11 is 0. The monoisotopic (exact) mass is 334 g/mol. The molecule has 2 amide bonds. The van der Waals surface area contributed by atoms with Crippen molar-refractivity contribution in [2.45, 2.75) is 0 Å². The van der Waals surface area contributed by atoms with Crippen molar-refractivity contribution in [3.63, 3.8) is 0 Å². The first-order chi connectivity index (χ1) is 12.2. The van der Waals surface area contributed by atoms with E-state index in [0.717, 1.165) is 5.56 Å². The van der Waals surface area contributed by atoms with Crippen LogP contribution in [0.5, 0.6) is 11.5 Å². The Morgan fingerprint density at radius 2 is 1.60 bits per heavy atom. The maximum Gasteiger partial charge on any atom is 0.323 e. The average Bonchev–Trinajstić information content (AvgIpc) is 2.65. The van der Waals surface area contributed by atoms with Crippen molar-refractivity contribution in [2.75, 3.05) is 17.7 Å². The fraction of sp³-hybridized carbons (Fsp3) is 0.0500. The van der Waals surface area contributed by atoms with Crippen LogP contribution in [-0.4, -0.2) is 18.2 Å². The Bertz CT molecular complexity index is 862. The van der Waals surface area contributed by atoms with Crippen LogP contribution in [0.2, 0.25) is 0 Å². The van der Waals surface area contributed by atoms with Gasteiger partial charge in [0.1, 0.15) is 11.5 Å². The number of anilines is 2. The number of hydrogen-bond donors (Lipinski definition) is 3. The Kier molecular flexibility index (Phi) is 4.85. The molecule has 3 rings (SSSR count). The molecule has 0 aliphatic carbocycles. The number of aromatic hydroxyl groups is 1. The third kappa shape index (κ3) is 3.90. The molecule has 0 aromatic heterocycles. The van der Waals surface area contributed by atoms with Gasteiger partial charge in [0.2, 0.25) is 0 Å². The highest BCUT2D eigenvalue weighted by atomic mass is 16.5. The fourth-order valence-corrected chi connectivity index (χ4v) is 2.45. The highest BCUT2D eigenvalue weighted by Crippen LogP contribution is 2.35. The first kappa shape index (κ1) is 16.4. The van der Waals surface area contributed by atoms with Gasteiger partial charge in [-0.1, -0.05) is 42.5 Å². The molecule has 3 N–H and O–H groups in total. The smallest absolute Gasteiger partial charge is 0.323 e. The van der Waals surface area contributed by atoms with E-state index in [1.165, 1.54) is 0 Å². The summed E-state index contributed by atoms with van der Waals surface area (Å²) in [5.41, 5.74) is 2.49. The van der Waals surface area contributed by atoms with Crippen LogP contribution in [0.15, 0.2) is 72.8 Å². The van der Waals surface area contributed by atoms with Gasteiger partial charge in [0, 0.05) is 11.3 Å². The van der Waals surface area contributed by atoms with Crippen molar-refractivity contribution in [1.29, 1.82) is 0 Å². The van der Waals surface area contributed by atoms with Crippen molar-refractivity contribution >= 4 is 17.4 Å². The molecular weight excluding hydrogens is 316 g/mol. The summed E-state index contributed by atoms with van der Waals surface area (Å²) in [6.07, 6.45) is 0. The van der Waals surface area contributed by atoms with Crippen LogP contribution in [0.3, 0.4) is 0 Å². The SMILES string of the molecule is COc1ccc(NC(=O)Nc2cccc(-c3ccccc3)c2O)cc1. The van der Waals surface area contributed by atoms with E-state index in [1.807, 2.05) is 30.3 Å². The van der Waals surface area contributed by atoms with Crippen LogP contribution in [-0.2, 0) is 0 Å². The van der Waals surface area contributed by atoms with Crippen molar-refractivity contribution in [3.05, 3.63) is 72.8 Å². The predicted molar refractivity (Wildman–Crippen MR) is 99.2 cm³/mol. The van der Waals surface area contributed by atoms with Gasteiger partial charge in [-0.05, 0) is 35.9 Å². The van der Waals surface area contributed by atoms with Gasteiger partial charge in [-0.3, -0.25) is 0 Å². The Morgan fingerprint density at radius 3 is 2.28 bits per heavy atom. The quantitative estimate of drug-likeness (QED) is 0.605. The number of benzene rings is 3. The number of carbonyl (C=O) groups excluding carboxylic acids is 1. The number of ether oxygens (including phenoxy) is 1. The number of urea groups is 1.